The van der Waals surface area contributed by atoms with Crippen LogP contribution in [0.5, 0.6) is 0 Å². The number of hydrogen-bond donors (Lipinski definition) is 3. The van der Waals surface area contributed by atoms with Crippen molar-refractivity contribution in [2.75, 3.05) is 51.4 Å². The molecule has 2 fully saturated rings. The van der Waals surface area contributed by atoms with Gasteiger partial charge in [0.1, 0.15) is 5.82 Å². The maximum atomic E-state index is 13.7. The number of rotatable bonds is 11. The lowest BCUT2D eigenvalue weighted by molar-refractivity contribution is -0.231. The van der Waals surface area contributed by atoms with Gasteiger partial charge in [0, 0.05) is 44.2 Å². The number of ether oxygens (including phenoxy) is 2. The molecule has 6 rings (SSSR count). The molecule has 3 N–H and O–H groups in total. The third-order valence-electron chi connectivity index (χ3n) is 7.56. The van der Waals surface area contributed by atoms with Gasteiger partial charge in [-0.1, -0.05) is 0 Å². The number of amides is 1. The van der Waals surface area contributed by atoms with E-state index in [1.54, 1.807) is 24.4 Å². The van der Waals surface area contributed by atoms with Crippen molar-refractivity contribution >= 4 is 18.1 Å². The topological polar surface area (TPSA) is 130 Å². The molecular formula is C29H35FN8O3. The van der Waals surface area contributed by atoms with Gasteiger partial charge in [-0.2, -0.15) is 0 Å². The summed E-state index contributed by atoms with van der Waals surface area (Å²) >= 11 is 0. The average Bonchev–Trinajstić information content (AvgIpc) is 3.47. The predicted octanol–water partition coefficient (Wildman–Crippen LogP) is 3.40. The van der Waals surface area contributed by atoms with Crippen LogP contribution >= 0.6 is 0 Å². The van der Waals surface area contributed by atoms with E-state index >= 15 is 0 Å². The van der Waals surface area contributed by atoms with E-state index in [4.69, 9.17) is 19.4 Å². The highest BCUT2D eigenvalue weighted by molar-refractivity contribution is 5.82. The molecule has 1 amide bonds. The van der Waals surface area contributed by atoms with Crippen LogP contribution < -0.4 is 10.6 Å². The van der Waals surface area contributed by atoms with Crippen LogP contribution in [0.2, 0.25) is 0 Å². The van der Waals surface area contributed by atoms with Crippen LogP contribution in [0.1, 0.15) is 38.3 Å². The van der Waals surface area contributed by atoms with Gasteiger partial charge in [0.05, 0.1) is 42.4 Å². The number of carbonyl (C=O) groups excluding carboxylic acids is 1. The first-order valence-electron chi connectivity index (χ1n) is 14.1. The zero-order valence-electron chi connectivity index (χ0n) is 23.1. The quantitative estimate of drug-likeness (QED) is 0.303. The van der Waals surface area contributed by atoms with Gasteiger partial charge in [0.2, 0.25) is 18.1 Å². The minimum absolute atomic E-state index is 0.0650. The minimum Gasteiger partial charge on any atom is -0.355 e. The van der Waals surface area contributed by atoms with Crippen LogP contribution in [-0.2, 0) is 14.3 Å². The first kappa shape index (κ1) is 27.4. The Morgan fingerprint density at radius 3 is 2.71 bits per heavy atom. The number of halogens is 1. The van der Waals surface area contributed by atoms with Crippen molar-refractivity contribution in [3.8, 4) is 22.6 Å². The summed E-state index contributed by atoms with van der Waals surface area (Å²) in [6, 6.07) is 7.92. The van der Waals surface area contributed by atoms with Crippen LogP contribution in [0.15, 0.2) is 41.5 Å². The highest BCUT2D eigenvalue weighted by Gasteiger charge is 2.41. The molecule has 4 heterocycles. The minimum atomic E-state index is -0.791. The molecule has 41 heavy (non-hydrogen) atoms. The Morgan fingerprint density at radius 2 is 1.98 bits per heavy atom. The molecule has 3 aromatic rings. The number of aromatic amines is 1. The number of anilines is 1. The smallest absolute Gasteiger partial charge is 0.230 e. The summed E-state index contributed by atoms with van der Waals surface area (Å²) in [6.07, 6.45) is 6.10. The first-order valence-corrected chi connectivity index (χ1v) is 14.1. The molecule has 2 aliphatic heterocycles. The van der Waals surface area contributed by atoms with E-state index in [1.807, 2.05) is 13.1 Å². The van der Waals surface area contributed by atoms with Crippen LogP contribution in [0.3, 0.4) is 0 Å². The van der Waals surface area contributed by atoms with Gasteiger partial charge >= 0.3 is 0 Å². The van der Waals surface area contributed by atoms with Crippen molar-refractivity contribution in [1.82, 2.24) is 30.2 Å². The van der Waals surface area contributed by atoms with Gasteiger partial charge in [0.15, 0.2) is 5.82 Å². The van der Waals surface area contributed by atoms with E-state index in [-0.39, 0.29) is 24.9 Å². The van der Waals surface area contributed by atoms with Crippen molar-refractivity contribution in [2.24, 2.45) is 16.3 Å². The summed E-state index contributed by atoms with van der Waals surface area (Å²) in [5.74, 6) is 1.14. The highest BCUT2D eigenvalue weighted by Crippen LogP contribution is 2.36. The SMILES string of the molecule is CC1(C(=O)NCC2CC2)COC(c2nc(-c3ccc(F)cc3)c(-c3ccnc(NCCCN4CC=NC4)n3)[nH]2)OC1. The molecule has 0 spiro atoms. The van der Waals surface area contributed by atoms with Gasteiger partial charge < -0.3 is 25.1 Å². The molecule has 216 valence electrons. The molecule has 3 aliphatic rings. The van der Waals surface area contributed by atoms with E-state index in [0.717, 1.165) is 32.7 Å². The lowest BCUT2D eigenvalue weighted by Crippen LogP contribution is -2.49. The van der Waals surface area contributed by atoms with E-state index in [0.29, 0.717) is 46.9 Å². The zero-order valence-corrected chi connectivity index (χ0v) is 23.1. The monoisotopic (exact) mass is 562 g/mol. The standard InChI is InChI=1S/C29H35FN8O3/c1-29(27(39)34-15-19-3-4-19)16-40-26(41-17-29)25-36-23(20-5-7-21(30)8-6-20)24(37-25)22-9-11-33-28(35-22)32-10-2-13-38-14-12-31-18-38/h5-9,11-12,19,26H,2-4,10,13-18H2,1H3,(H,34,39)(H,36,37)(H,32,33,35). The van der Waals surface area contributed by atoms with E-state index in [9.17, 15) is 9.18 Å². The van der Waals surface area contributed by atoms with Gasteiger partial charge in [-0.3, -0.25) is 14.7 Å². The van der Waals surface area contributed by atoms with Crippen molar-refractivity contribution in [2.45, 2.75) is 32.5 Å². The lowest BCUT2D eigenvalue weighted by Gasteiger charge is -2.35. The van der Waals surface area contributed by atoms with Crippen LogP contribution in [0.4, 0.5) is 10.3 Å². The Labute approximate surface area is 238 Å². The Bertz CT molecular complexity index is 1370. The molecule has 0 unspecified atom stereocenters. The predicted molar refractivity (Wildman–Crippen MR) is 152 cm³/mol. The number of benzene rings is 1. The molecule has 11 nitrogen and oxygen atoms in total. The van der Waals surface area contributed by atoms with Crippen LogP contribution in [-0.4, -0.2) is 83.0 Å². The molecule has 1 aliphatic carbocycles. The number of nitrogens with one attached hydrogen (secondary N) is 3. The first-order chi connectivity index (χ1) is 20.0. The van der Waals surface area contributed by atoms with Gasteiger partial charge in [0.25, 0.3) is 0 Å². The summed E-state index contributed by atoms with van der Waals surface area (Å²) < 4.78 is 25.8. The molecule has 2 aromatic heterocycles. The number of H-pyrrole nitrogens is 1. The Morgan fingerprint density at radius 1 is 1.17 bits per heavy atom. The van der Waals surface area contributed by atoms with Crippen molar-refractivity contribution in [1.29, 1.82) is 0 Å². The van der Waals surface area contributed by atoms with E-state index < -0.39 is 11.7 Å². The number of aromatic nitrogens is 4. The fourth-order valence-electron chi connectivity index (χ4n) is 4.83. The Balaban J connectivity index is 1.17. The Kier molecular flexibility index (Phi) is 8.04. The second-order valence-corrected chi connectivity index (χ2v) is 11.1. The van der Waals surface area contributed by atoms with Crippen LogP contribution in [0, 0.1) is 17.2 Å². The maximum Gasteiger partial charge on any atom is 0.230 e. The third-order valence-corrected chi connectivity index (χ3v) is 7.56. The molecule has 1 aromatic carbocycles. The van der Waals surface area contributed by atoms with E-state index in [1.165, 1.54) is 25.0 Å². The van der Waals surface area contributed by atoms with Crippen LogP contribution in [0.25, 0.3) is 22.6 Å². The number of nitrogens with zero attached hydrogens (tertiary/aromatic N) is 5. The summed E-state index contributed by atoms with van der Waals surface area (Å²) in [7, 11) is 0. The molecule has 0 bridgehead atoms. The fourth-order valence-corrected chi connectivity index (χ4v) is 4.83. The fraction of sp³-hybridized carbons (Fsp3) is 0.483. The molecule has 0 atom stereocenters. The number of imidazole rings is 1. The average molecular weight is 563 g/mol. The molecule has 12 heteroatoms. The Hall–Kier alpha value is -3.74. The molecular weight excluding hydrogens is 527 g/mol. The van der Waals surface area contributed by atoms with E-state index in [2.05, 4.69) is 30.5 Å². The number of hydrogen-bond acceptors (Lipinski definition) is 9. The second-order valence-electron chi connectivity index (χ2n) is 11.1. The number of aliphatic imine (C=N–C) groups is 1. The zero-order chi connectivity index (χ0) is 28.2. The second kappa shape index (κ2) is 12.0. The third kappa shape index (κ3) is 6.61. The largest absolute Gasteiger partial charge is 0.355 e. The van der Waals surface area contributed by atoms with Crippen molar-refractivity contribution in [3.05, 3.63) is 48.2 Å². The van der Waals surface area contributed by atoms with Gasteiger partial charge in [-0.25, -0.2) is 19.3 Å². The summed E-state index contributed by atoms with van der Waals surface area (Å²) in [4.78, 5) is 36.5. The number of carbonyl (C=O) groups is 1. The van der Waals surface area contributed by atoms with Crippen molar-refractivity contribution in [3.63, 3.8) is 0 Å². The summed E-state index contributed by atoms with van der Waals surface area (Å²) in [6.45, 7) is 6.23. The lowest BCUT2D eigenvalue weighted by atomic mass is 9.91. The molecule has 1 saturated carbocycles. The normalized spacial score (nSPS) is 22.6. The van der Waals surface area contributed by atoms with Crippen molar-refractivity contribution < 1.29 is 18.7 Å². The van der Waals surface area contributed by atoms with Gasteiger partial charge in [-0.15, -0.1) is 0 Å². The summed E-state index contributed by atoms with van der Waals surface area (Å²) in [5, 5.41) is 6.32. The van der Waals surface area contributed by atoms with Gasteiger partial charge in [-0.05, 0) is 62.4 Å². The highest BCUT2D eigenvalue weighted by atomic mass is 19.1. The molecule has 1 saturated heterocycles. The molecule has 0 radical (unpaired) electrons. The summed E-state index contributed by atoms with van der Waals surface area (Å²) in [5.41, 5.74) is 1.77. The maximum absolute atomic E-state index is 13.7.